The van der Waals surface area contributed by atoms with Gasteiger partial charge in [0, 0.05) is 6.42 Å². The lowest BCUT2D eigenvalue weighted by Crippen LogP contribution is -2.59. The van der Waals surface area contributed by atoms with E-state index < -0.39 is 72.8 Å². The molecule has 1 aromatic rings. The van der Waals surface area contributed by atoms with Crippen molar-refractivity contribution in [3.63, 3.8) is 0 Å². The average Bonchev–Trinajstić information content (AvgIpc) is 2.97. The van der Waals surface area contributed by atoms with Gasteiger partial charge >= 0.3 is 5.97 Å². The number of carbonyl (C=O) groups excluding carboxylic acids is 5. The van der Waals surface area contributed by atoms with Crippen molar-refractivity contribution < 1.29 is 44.1 Å². The zero-order valence-electron chi connectivity index (χ0n) is 25.0. The second kappa shape index (κ2) is 19.8. The van der Waals surface area contributed by atoms with Crippen molar-refractivity contribution in [1.29, 1.82) is 0 Å². The van der Waals surface area contributed by atoms with E-state index in [-0.39, 0.29) is 37.5 Å². The van der Waals surface area contributed by atoms with Gasteiger partial charge in [0.25, 0.3) is 0 Å². The van der Waals surface area contributed by atoms with Gasteiger partial charge in [-0.3, -0.25) is 28.8 Å². The van der Waals surface area contributed by atoms with Gasteiger partial charge < -0.3 is 53.4 Å². The molecular weight excluding hydrogens is 578 g/mol. The number of nitrogens with two attached hydrogens (primary N) is 2. The van der Waals surface area contributed by atoms with Crippen LogP contribution >= 0.6 is 0 Å². The van der Waals surface area contributed by atoms with Gasteiger partial charge in [-0.25, -0.2) is 0 Å². The SMILES string of the molecule is CC(C)C[C@H](NC(=O)[C@H](Cc1ccc(O)cc1)NC(=O)[C@H](CO)NC(=O)[C@H](CCCCN)NC(=O)CN)C(=O)NCC(=O)O. The molecule has 0 heterocycles. The second-order valence-electron chi connectivity index (χ2n) is 10.6. The minimum atomic E-state index is -1.52. The molecule has 0 bridgehead atoms. The van der Waals surface area contributed by atoms with Gasteiger partial charge in [0.15, 0.2) is 0 Å². The molecule has 246 valence electrons. The van der Waals surface area contributed by atoms with Crippen LogP contribution in [0.5, 0.6) is 5.75 Å². The van der Waals surface area contributed by atoms with Crippen molar-refractivity contribution in [3.8, 4) is 5.75 Å². The highest BCUT2D eigenvalue weighted by molar-refractivity contribution is 5.96. The standard InChI is InChI=1S/C28H45N7O9/c1-16(2)11-20(25(41)31-14-24(39)40)33-27(43)21(12-17-6-8-18(37)9-7-17)34-28(44)22(15-36)35-26(42)19(5-3-4-10-29)32-23(38)13-30/h6-9,16,19-22,36-37H,3-5,10-15,29-30H2,1-2H3,(H,31,41)(H,32,38)(H,33,43)(H,34,44)(H,35,42)(H,39,40)/t19-,20-,21-,22-/m0/s1. The molecule has 12 N–H and O–H groups in total. The van der Waals surface area contributed by atoms with Crippen LogP contribution in [0.1, 0.15) is 45.1 Å². The van der Waals surface area contributed by atoms with E-state index in [4.69, 9.17) is 16.6 Å². The normalized spacial score (nSPS) is 13.6. The summed E-state index contributed by atoms with van der Waals surface area (Å²) in [7, 11) is 0. The maximum Gasteiger partial charge on any atom is 0.322 e. The molecule has 1 rings (SSSR count). The first-order chi connectivity index (χ1) is 20.8. The first-order valence-corrected chi connectivity index (χ1v) is 14.3. The summed E-state index contributed by atoms with van der Waals surface area (Å²) in [6.45, 7) is 2.09. The Bertz CT molecular complexity index is 1120. The number of aliphatic carboxylic acids is 1. The van der Waals surface area contributed by atoms with Crippen LogP contribution in [0.15, 0.2) is 24.3 Å². The van der Waals surface area contributed by atoms with Crippen molar-refractivity contribution in [1.82, 2.24) is 26.6 Å². The third kappa shape index (κ3) is 14.3. The van der Waals surface area contributed by atoms with Crippen molar-refractivity contribution >= 4 is 35.5 Å². The molecule has 0 aliphatic carbocycles. The first-order valence-electron chi connectivity index (χ1n) is 14.3. The Kier molecular flexibility index (Phi) is 17.0. The van der Waals surface area contributed by atoms with Crippen LogP contribution in [0.25, 0.3) is 0 Å². The minimum Gasteiger partial charge on any atom is -0.508 e. The van der Waals surface area contributed by atoms with Crippen molar-refractivity contribution in [2.75, 3.05) is 26.2 Å². The van der Waals surface area contributed by atoms with Crippen LogP contribution in [0.2, 0.25) is 0 Å². The summed E-state index contributed by atoms with van der Waals surface area (Å²) < 4.78 is 0. The number of rotatable bonds is 20. The van der Waals surface area contributed by atoms with E-state index in [9.17, 15) is 39.0 Å². The fourth-order valence-corrected chi connectivity index (χ4v) is 4.09. The number of hydrogen-bond acceptors (Lipinski definition) is 10. The van der Waals surface area contributed by atoms with Crippen molar-refractivity contribution in [2.45, 2.75) is 70.1 Å². The number of nitrogens with one attached hydrogen (secondary N) is 5. The Morgan fingerprint density at radius 2 is 1.34 bits per heavy atom. The lowest BCUT2D eigenvalue weighted by Gasteiger charge is -2.26. The van der Waals surface area contributed by atoms with E-state index in [1.807, 2.05) is 0 Å². The Balaban J connectivity index is 3.18. The van der Waals surface area contributed by atoms with E-state index in [1.165, 1.54) is 24.3 Å². The van der Waals surface area contributed by atoms with Gasteiger partial charge in [-0.05, 0) is 55.8 Å². The van der Waals surface area contributed by atoms with Gasteiger partial charge in [-0.2, -0.15) is 0 Å². The van der Waals surface area contributed by atoms with Crippen LogP contribution in [0.4, 0.5) is 0 Å². The third-order valence-corrected chi connectivity index (χ3v) is 6.36. The molecule has 0 unspecified atom stereocenters. The van der Waals surface area contributed by atoms with Crippen LogP contribution in [0, 0.1) is 5.92 Å². The molecule has 0 aromatic heterocycles. The minimum absolute atomic E-state index is 0.0308. The topological polar surface area (TPSA) is 275 Å². The highest BCUT2D eigenvalue weighted by Crippen LogP contribution is 2.13. The molecule has 0 saturated heterocycles. The lowest BCUT2D eigenvalue weighted by atomic mass is 10.0. The zero-order chi connectivity index (χ0) is 33.2. The maximum atomic E-state index is 13.4. The Labute approximate surface area is 255 Å². The highest BCUT2D eigenvalue weighted by Gasteiger charge is 2.31. The Morgan fingerprint density at radius 3 is 1.89 bits per heavy atom. The number of unbranched alkanes of at least 4 members (excludes halogenated alkanes) is 1. The van der Waals surface area contributed by atoms with E-state index in [1.54, 1.807) is 13.8 Å². The maximum absolute atomic E-state index is 13.4. The van der Waals surface area contributed by atoms with Gasteiger partial charge in [0.1, 0.15) is 36.5 Å². The molecule has 16 heteroatoms. The molecular formula is C28H45N7O9. The Morgan fingerprint density at radius 1 is 0.773 bits per heavy atom. The molecule has 0 aliphatic heterocycles. The number of carbonyl (C=O) groups is 6. The predicted molar refractivity (Wildman–Crippen MR) is 159 cm³/mol. The smallest absolute Gasteiger partial charge is 0.322 e. The quantitative estimate of drug-likeness (QED) is 0.0662. The number of phenolic OH excluding ortho intramolecular Hbond substituents is 1. The van der Waals surface area contributed by atoms with Gasteiger partial charge in [-0.15, -0.1) is 0 Å². The number of hydrogen-bond donors (Lipinski definition) is 10. The van der Waals surface area contributed by atoms with Crippen LogP contribution in [-0.2, 0) is 35.2 Å². The van der Waals surface area contributed by atoms with Gasteiger partial charge in [0.2, 0.25) is 29.5 Å². The second-order valence-corrected chi connectivity index (χ2v) is 10.6. The fourth-order valence-electron chi connectivity index (χ4n) is 4.09. The lowest BCUT2D eigenvalue weighted by molar-refractivity contribution is -0.138. The number of aromatic hydroxyl groups is 1. The zero-order valence-corrected chi connectivity index (χ0v) is 25.0. The van der Waals surface area contributed by atoms with E-state index in [0.717, 1.165) is 0 Å². The summed E-state index contributed by atoms with van der Waals surface area (Å²) in [5.74, 6) is -5.19. The van der Waals surface area contributed by atoms with Crippen LogP contribution in [0.3, 0.4) is 0 Å². The van der Waals surface area contributed by atoms with E-state index in [0.29, 0.717) is 24.9 Å². The van der Waals surface area contributed by atoms with Crippen molar-refractivity contribution in [2.24, 2.45) is 17.4 Å². The molecule has 0 fully saturated rings. The van der Waals surface area contributed by atoms with Crippen LogP contribution < -0.4 is 38.1 Å². The number of carboxylic acids is 1. The van der Waals surface area contributed by atoms with Crippen molar-refractivity contribution in [3.05, 3.63) is 29.8 Å². The predicted octanol–water partition coefficient (Wildman–Crippen LogP) is -2.80. The third-order valence-electron chi connectivity index (χ3n) is 6.36. The molecule has 5 amide bonds. The largest absolute Gasteiger partial charge is 0.508 e. The summed E-state index contributed by atoms with van der Waals surface area (Å²) in [6, 6.07) is 0.765. The van der Waals surface area contributed by atoms with Gasteiger partial charge in [0.05, 0.1) is 13.2 Å². The number of aliphatic hydroxyl groups excluding tert-OH is 1. The monoisotopic (exact) mass is 623 g/mol. The molecule has 0 saturated carbocycles. The van der Waals surface area contributed by atoms with E-state index in [2.05, 4.69) is 26.6 Å². The molecule has 16 nitrogen and oxygen atoms in total. The molecule has 0 aliphatic rings. The van der Waals surface area contributed by atoms with Crippen LogP contribution in [-0.4, -0.2) is 101 Å². The summed E-state index contributed by atoms with van der Waals surface area (Å²) in [4.78, 5) is 75.1. The Hall–Kier alpha value is -4.28. The first kappa shape index (κ1) is 37.7. The summed E-state index contributed by atoms with van der Waals surface area (Å²) >= 11 is 0. The average molecular weight is 624 g/mol. The molecule has 0 radical (unpaired) electrons. The number of phenols is 1. The summed E-state index contributed by atoms with van der Waals surface area (Å²) in [5.41, 5.74) is 11.4. The molecule has 1 aromatic carbocycles. The highest BCUT2D eigenvalue weighted by atomic mass is 16.4. The number of benzene rings is 1. The molecule has 0 spiro atoms. The van der Waals surface area contributed by atoms with E-state index >= 15 is 0 Å². The van der Waals surface area contributed by atoms with Gasteiger partial charge in [-0.1, -0.05) is 26.0 Å². The number of carboxylic acid groups (broad SMARTS) is 1. The fraction of sp³-hybridized carbons (Fsp3) is 0.571. The molecule has 44 heavy (non-hydrogen) atoms. The molecule has 4 atom stereocenters. The summed E-state index contributed by atoms with van der Waals surface area (Å²) in [6.07, 6.45) is 1.31. The number of aliphatic hydroxyl groups is 1. The number of amides is 5. The summed E-state index contributed by atoms with van der Waals surface area (Å²) in [5, 5.41) is 40.6.